The second-order valence-electron chi connectivity index (χ2n) is 3.45. The molecule has 4 nitrogen and oxygen atoms in total. The van der Waals surface area contributed by atoms with E-state index in [0.29, 0.717) is 19.1 Å². The minimum atomic E-state index is -4.39. The van der Waals surface area contributed by atoms with Gasteiger partial charge < -0.3 is 0 Å². The van der Waals surface area contributed by atoms with Crippen molar-refractivity contribution in [3.05, 3.63) is 11.4 Å². The quantitative estimate of drug-likeness (QED) is 0.751. The van der Waals surface area contributed by atoms with E-state index >= 15 is 0 Å². The van der Waals surface area contributed by atoms with Gasteiger partial charge in [0.25, 0.3) is 0 Å². The van der Waals surface area contributed by atoms with Crippen molar-refractivity contribution in [3.63, 3.8) is 0 Å². The summed E-state index contributed by atoms with van der Waals surface area (Å²) in [4.78, 5) is 10.6. The lowest BCUT2D eigenvalue weighted by molar-refractivity contribution is -0.166. The number of alkyl halides is 3. The van der Waals surface area contributed by atoms with Gasteiger partial charge in [0, 0.05) is 0 Å². The molecule has 1 unspecified atom stereocenters. The van der Waals surface area contributed by atoms with Crippen LogP contribution in [-0.4, -0.2) is 27.5 Å². The highest BCUT2D eigenvalue weighted by molar-refractivity contribution is 5.73. The standard InChI is InChI=1S/C9H12F3N3O/c1-3-4-8-7(5-16)13-14-15(8)6(2)9(10,11)12/h5-6H,3-4H2,1-2H3. The van der Waals surface area contributed by atoms with Gasteiger partial charge in [-0.25, -0.2) is 4.68 Å². The minimum Gasteiger partial charge on any atom is -0.296 e. The Morgan fingerprint density at radius 2 is 2.12 bits per heavy atom. The van der Waals surface area contributed by atoms with Gasteiger partial charge in [0.05, 0.1) is 5.69 Å². The maximum absolute atomic E-state index is 12.5. The van der Waals surface area contributed by atoms with E-state index in [2.05, 4.69) is 10.3 Å². The minimum absolute atomic E-state index is 0.0158. The highest BCUT2D eigenvalue weighted by Crippen LogP contribution is 2.30. The second kappa shape index (κ2) is 4.63. The number of carbonyl (C=O) groups excluding carboxylic acids is 1. The Hall–Kier alpha value is -1.40. The molecule has 0 bridgehead atoms. The van der Waals surface area contributed by atoms with Crippen molar-refractivity contribution in [1.29, 1.82) is 0 Å². The van der Waals surface area contributed by atoms with Crippen LogP contribution in [0.15, 0.2) is 0 Å². The number of carbonyl (C=O) groups is 1. The molecule has 0 fully saturated rings. The van der Waals surface area contributed by atoms with Gasteiger partial charge in [-0.15, -0.1) is 5.10 Å². The molecule has 1 aromatic rings. The summed E-state index contributed by atoms with van der Waals surface area (Å²) in [7, 11) is 0. The van der Waals surface area contributed by atoms with Gasteiger partial charge in [0.2, 0.25) is 0 Å². The second-order valence-corrected chi connectivity index (χ2v) is 3.45. The van der Waals surface area contributed by atoms with Crippen molar-refractivity contribution in [2.24, 2.45) is 0 Å². The monoisotopic (exact) mass is 235 g/mol. The van der Waals surface area contributed by atoms with Crippen LogP contribution in [0.1, 0.15) is 42.5 Å². The normalized spacial score (nSPS) is 13.8. The lowest BCUT2D eigenvalue weighted by Crippen LogP contribution is -2.26. The van der Waals surface area contributed by atoms with E-state index in [1.165, 1.54) is 0 Å². The summed E-state index contributed by atoms with van der Waals surface area (Å²) in [5.41, 5.74) is 0.222. The van der Waals surface area contributed by atoms with Gasteiger partial charge >= 0.3 is 6.18 Å². The molecule has 1 aromatic heterocycles. The Kier molecular flexibility index (Phi) is 3.66. The van der Waals surface area contributed by atoms with E-state index < -0.39 is 12.2 Å². The summed E-state index contributed by atoms with van der Waals surface area (Å²) < 4.78 is 38.2. The number of halogens is 3. The number of hydrogen-bond donors (Lipinski definition) is 0. The lowest BCUT2D eigenvalue weighted by atomic mass is 10.2. The fourth-order valence-corrected chi connectivity index (χ4v) is 1.35. The van der Waals surface area contributed by atoms with Gasteiger partial charge in [-0.05, 0) is 13.3 Å². The highest BCUT2D eigenvalue weighted by atomic mass is 19.4. The SMILES string of the molecule is CCCc1c(C=O)nnn1C(C)C(F)(F)F. The van der Waals surface area contributed by atoms with Crippen LogP contribution in [0.2, 0.25) is 0 Å². The lowest BCUT2D eigenvalue weighted by Gasteiger charge is -2.17. The van der Waals surface area contributed by atoms with Crippen LogP contribution < -0.4 is 0 Å². The largest absolute Gasteiger partial charge is 0.410 e. The molecule has 90 valence electrons. The molecule has 0 N–H and O–H groups in total. The number of nitrogens with zero attached hydrogens (tertiary/aromatic N) is 3. The predicted octanol–water partition coefficient (Wildman–Crippen LogP) is 2.17. The van der Waals surface area contributed by atoms with Gasteiger partial charge in [0.1, 0.15) is 11.7 Å². The molecule has 7 heteroatoms. The molecule has 0 saturated heterocycles. The van der Waals surface area contributed by atoms with Crippen LogP contribution in [-0.2, 0) is 6.42 Å². The van der Waals surface area contributed by atoms with Crippen molar-refractivity contribution in [2.75, 3.05) is 0 Å². The number of aldehydes is 1. The smallest absolute Gasteiger partial charge is 0.296 e. The molecule has 0 amide bonds. The molecule has 0 radical (unpaired) electrons. The van der Waals surface area contributed by atoms with E-state index in [1.54, 1.807) is 0 Å². The topological polar surface area (TPSA) is 47.8 Å². The first-order valence-corrected chi connectivity index (χ1v) is 4.87. The van der Waals surface area contributed by atoms with Crippen LogP contribution >= 0.6 is 0 Å². The third-order valence-electron chi connectivity index (χ3n) is 2.26. The zero-order chi connectivity index (χ0) is 12.3. The van der Waals surface area contributed by atoms with E-state index in [0.717, 1.165) is 11.6 Å². The first-order valence-electron chi connectivity index (χ1n) is 4.87. The zero-order valence-corrected chi connectivity index (χ0v) is 8.95. The van der Waals surface area contributed by atoms with Crippen LogP contribution in [0.3, 0.4) is 0 Å². The van der Waals surface area contributed by atoms with Crippen LogP contribution in [0.4, 0.5) is 13.2 Å². The average molecular weight is 235 g/mol. The van der Waals surface area contributed by atoms with Gasteiger partial charge in [-0.2, -0.15) is 13.2 Å². The van der Waals surface area contributed by atoms with Crippen molar-refractivity contribution in [2.45, 2.75) is 38.9 Å². The molecule has 1 rings (SSSR count). The zero-order valence-electron chi connectivity index (χ0n) is 8.95. The number of aromatic nitrogens is 3. The molecule has 1 heterocycles. The molecule has 0 saturated carbocycles. The van der Waals surface area contributed by atoms with E-state index in [-0.39, 0.29) is 11.4 Å². The van der Waals surface area contributed by atoms with Crippen molar-refractivity contribution in [1.82, 2.24) is 15.0 Å². The molecule has 0 aliphatic heterocycles. The van der Waals surface area contributed by atoms with Crippen molar-refractivity contribution < 1.29 is 18.0 Å². The summed E-state index contributed by atoms with van der Waals surface area (Å²) in [5.74, 6) is 0. The van der Waals surface area contributed by atoms with Crippen molar-refractivity contribution in [3.8, 4) is 0 Å². The summed E-state index contributed by atoms with van der Waals surface area (Å²) >= 11 is 0. The third kappa shape index (κ3) is 2.40. The molecular weight excluding hydrogens is 223 g/mol. The first-order chi connectivity index (χ1) is 7.41. The molecule has 0 aliphatic rings. The summed E-state index contributed by atoms with van der Waals surface area (Å²) in [6.07, 6.45) is -2.99. The summed E-state index contributed by atoms with van der Waals surface area (Å²) in [5, 5.41) is 6.82. The Balaban J connectivity index is 3.13. The van der Waals surface area contributed by atoms with E-state index in [1.807, 2.05) is 6.92 Å². The Labute approximate surface area is 90.4 Å². The molecule has 1 atom stereocenters. The summed E-state index contributed by atoms with van der Waals surface area (Å²) in [6.45, 7) is 2.80. The Bertz CT molecular complexity index is 373. The van der Waals surface area contributed by atoms with Crippen LogP contribution in [0.5, 0.6) is 0 Å². The highest BCUT2D eigenvalue weighted by Gasteiger charge is 2.39. The van der Waals surface area contributed by atoms with Crippen LogP contribution in [0, 0.1) is 0 Å². The van der Waals surface area contributed by atoms with E-state index in [9.17, 15) is 18.0 Å². The van der Waals surface area contributed by atoms with Gasteiger partial charge in [0.15, 0.2) is 6.29 Å². The molecule has 16 heavy (non-hydrogen) atoms. The van der Waals surface area contributed by atoms with Crippen molar-refractivity contribution >= 4 is 6.29 Å². The summed E-state index contributed by atoms with van der Waals surface area (Å²) in [6, 6.07) is -1.77. The van der Waals surface area contributed by atoms with Crippen LogP contribution in [0.25, 0.3) is 0 Å². The Morgan fingerprint density at radius 1 is 1.50 bits per heavy atom. The fourth-order valence-electron chi connectivity index (χ4n) is 1.35. The van der Waals surface area contributed by atoms with Gasteiger partial charge in [-0.3, -0.25) is 4.79 Å². The van der Waals surface area contributed by atoms with Gasteiger partial charge in [-0.1, -0.05) is 18.6 Å². The molecule has 0 aliphatic carbocycles. The maximum Gasteiger partial charge on any atom is 0.410 e. The fraction of sp³-hybridized carbons (Fsp3) is 0.667. The van der Waals surface area contributed by atoms with E-state index in [4.69, 9.17) is 0 Å². The number of rotatable bonds is 4. The maximum atomic E-state index is 12.5. The first kappa shape index (κ1) is 12.7. The molecule has 0 spiro atoms. The third-order valence-corrected chi connectivity index (χ3v) is 2.26. The number of hydrogen-bond acceptors (Lipinski definition) is 3. The molecular formula is C9H12F3N3O. The average Bonchev–Trinajstić information content (AvgIpc) is 2.59. The molecule has 0 aromatic carbocycles. The Morgan fingerprint density at radius 3 is 2.56 bits per heavy atom. The predicted molar refractivity (Wildman–Crippen MR) is 50.2 cm³/mol.